The molecule has 0 spiro atoms. The molecular weight excluding hydrogens is 384 g/mol. The van der Waals surface area contributed by atoms with E-state index in [9.17, 15) is 19.3 Å². The Kier molecular flexibility index (Phi) is 4.14. The average Bonchev–Trinajstić information content (AvgIpc) is 3.07. The second-order valence-electron chi connectivity index (χ2n) is 5.02. The van der Waals surface area contributed by atoms with Gasteiger partial charge >= 0.3 is 5.97 Å². The van der Waals surface area contributed by atoms with Crippen molar-refractivity contribution in [2.45, 2.75) is 13.0 Å². The number of hydrogen-bond acceptors (Lipinski definition) is 7. The number of carbonyl (C=O) groups is 3. The Morgan fingerprint density at radius 2 is 1.96 bits per heavy atom. The van der Waals surface area contributed by atoms with E-state index in [1.54, 1.807) is 31.2 Å². The van der Waals surface area contributed by atoms with Gasteiger partial charge in [-0.2, -0.15) is 0 Å². The van der Waals surface area contributed by atoms with E-state index in [4.69, 9.17) is 4.74 Å². The van der Waals surface area contributed by atoms with Crippen molar-refractivity contribution in [3.8, 4) is 0 Å². The van der Waals surface area contributed by atoms with Gasteiger partial charge in [0.15, 0.2) is 11.8 Å². The Morgan fingerprint density at radius 1 is 1.29 bits per heavy atom. The molecule has 9 nitrogen and oxygen atoms in total. The van der Waals surface area contributed by atoms with Crippen LogP contribution in [0.4, 0.5) is 5.69 Å². The zero-order valence-corrected chi connectivity index (χ0v) is 14.0. The Hall–Kier alpha value is -2.62. The first-order valence-corrected chi connectivity index (χ1v) is 7.80. The van der Waals surface area contributed by atoms with Gasteiger partial charge in [0.25, 0.3) is 5.91 Å². The fraction of sp³-hybridized carbons (Fsp3) is 0.286. The number of nitrogens with zero attached hydrogens (tertiary/aromatic N) is 4. The molecule has 124 valence electrons. The monoisotopic (exact) mass is 394 g/mol. The summed E-state index contributed by atoms with van der Waals surface area (Å²) in [4.78, 5) is 49.1. The smallest absolute Gasteiger partial charge is 0.355 e. The molecule has 2 aliphatic heterocycles. The third-order valence-corrected chi connectivity index (χ3v) is 4.21. The summed E-state index contributed by atoms with van der Waals surface area (Å²) >= 11 is 3.27. The quantitative estimate of drug-likeness (QED) is 0.431. The highest BCUT2D eigenvalue weighted by molar-refractivity contribution is 9.10. The van der Waals surface area contributed by atoms with E-state index < -0.39 is 29.7 Å². The van der Waals surface area contributed by atoms with Crippen molar-refractivity contribution in [1.82, 2.24) is 5.12 Å². The molecule has 3 rings (SSSR count). The highest BCUT2D eigenvalue weighted by Crippen LogP contribution is 2.35. The first-order chi connectivity index (χ1) is 11.5. The fourth-order valence-corrected chi connectivity index (χ4v) is 2.94. The van der Waals surface area contributed by atoms with Crippen LogP contribution in [0.2, 0.25) is 0 Å². The van der Waals surface area contributed by atoms with Crippen molar-refractivity contribution in [3.05, 3.63) is 33.6 Å². The van der Waals surface area contributed by atoms with Gasteiger partial charge in [0.1, 0.15) is 5.92 Å². The number of amides is 2. The number of esters is 1. The van der Waals surface area contributed by atoms with Gasteiger partial charge in [-0.15, -0.1) is 15.1 Å². The molecule has 0 aliphatic carbocycles. The zero-order valence-electron chi connectivity index (χ0n) is 12.4. The van der Waals surface area contributed by atoms with Crippen LogP contribution in [0.25, 0.3) is 0 Å². The zero-order chi connectivity index (χ0) is 17.4. The van der Waals surface area contributed by atoms with E-state index in [0.29, 0.717) is 10.8 Å². The van der Waals surface area contributed by atoms with E-state index in [1.807, 2.05) is 0 Å². The largest absolute Gasteiger partial charge is 0.461 e. The first kappa shape index (κ1) is 16.2. The molecule has 2 amide bonds. The molecule has 24 heavy (non-hydrogen) atoms. The van der Waals surface area contributed by atoms with Crippen LogP contribution < -0.4 is 4.90 Å². The summed E-state index contributed by atoms with van der Waals surface area (Å²) in [6, 6.07) is 5.21. The van der Waals surface area contributed by atoms with Crippen molar-refractivity contribution in [1.29, 1.82) is 0 Å². The topological polar surface area (TPSA) is 109 Å². The Bertz CT molecular complexity index is 763. The number of rotatable bonds is 4. The molecule has 0 radical (unpaired) electrons. The molecule has 0 aromatic heterocycles. The number of imide groups is 1. The van der Waals surface area contributed by atoms with Crippen LogP contribution in [0, 0.1) is 10.8 Å². The molecule has 1 saturated heterocycles. The van der Waals surface area contributed by atoms with Crippen molar-refractivity contribution in [3.63, 3.8) is 0 Å². The second kappa shape index (κ2) is 6.11. The molecular formula is C14H11BrN4O5. The summed E-state index contributed by atoms with van der Waals surface area (Å²) in [6.45, 7) is 1.67. The summed E-state index contributed by atoms with van der Waals surface area (Å²) in [5.41, 5.74) is 0.0380. The predicted molar refractivity (Wildman–Crippen MR) is 85.6 cm³/mol. The molecule has 2 heterocycles. The van der Waals surface area contributed by atoms with Crippen LogP contribution in [0.1, 0.15) is 6.92 Å². The van der Waals surface area contributed by atoms with Crippen LogP contribution in [0.3, 0.4) is 0 Å². The molecule has 0 N–H and O–H groups in total. The van der Waals surface area contributed by atoms with Crippen molar-refractivity contribution >= 4 is 45.1 Å². The van der Waals surface area contributed by atoms with E-state index >= 15 is 0 Å². The number of benzene rings is 1. The molecule has 1 aromatic rings. The van der Waals surface area contributed by atoms with Gasteiger partial charge in [0, 0.05) is 4.47 Å². The van der Waals surface area contributed by atoms with Crippen LogP contribution in [-0.4, -0.2) is 41.3 Å². The lowest BCUT2D eigenvalue weighted by Crippen LogP contribution is -2.36. The van der Waals surface area contributed by atoms with Crippen LogP contribution in [-0.2, 0) is 19.1 Å². The van der Waals surface area contributed by atoms with Gasteiger partial charge in [-0.05, 0) is 31.2 Å². The third kappa shape index (κ3) is 2.39. The number of halogens is 1. The highest BCUT2D eigenvalue weighted by atomic mass is 79.9. The Balaban J connectivity index is 2.00. The van der Waals surface area contributed by atoms with Crippen LogP contribution >= 0.6 is 15.9 Å². The maximum Gasteiger partial charge on any atom is 0.355 e. The molecule has 1 aromatic carbocycles. The Morgan fingerprint density at radius 3 is 2.54 bits per heavy atom. The number of anilines is 1. The summed E-state index contributed by atoms with van der Waals surface area (Å²) in [5.74, 6) is -3.38. The van der Waals surface area contributed by atoms with Crippen molar-refractivity contribution in [2.75, 3.05) is 11.5 Å². The third-order valence-electron chi connectivity index (χ3n) is 3.68. The van der Waals surface area contributed by atoms with Gasteiger partial charge in [-0.3, -0.25) is 9.59 Å². The van der Waals surface area contributed by atoms with Crippen LogP contribution in [0.5, 0.6) is 0 Å². The Labute approximate surface area is 144 Å². The van der Waals surface area contributed by atoms with Gasteiger partial charge in [-0.1, -0.05) is 15.9 Å². The van der Waals surface area contributed by atoms with E-state index in [-0.39, 0.29) is 12.3 Å². The maximum absolute atomic E-state index is 12.7. The van der Waals surface area contributed by atoms with E-state index in [2.05, 4.69) is 26.3 Å². The van der Waals surface area contributed by atoms with Crippen LogP contribution in [0.15, 0.2) is 39.1 Å². The first-order valence-electron chi connectivity index (χ1n) is 7.01. The normalized spacial score (nSPS) is 22.5. The van der Waals surface area contributed by atoms with Gasteiger partial charge in [0.2, 0.25) is 5.91 Å². The number of hydrazone groups is 1. The molecule has 1 fully saturated rings. The summed E-state index contributed by atoms with van der Waals surface area (Å²) in [6.07, 6.45) is 0. The minimum atomic E-state index is -1.27. The number of fused-ring (bicyclic) bond motifs is 1. The van der Waals surface area contributed by atoms with E-state index in [1.165, 1.54) is 0 Å². The summed E-state index contributed by atoms with van der Waals surface area (Å²) < 4.78 is 5.61. The molecule has 0 unspecified atom stereocenters. The average molecular weight is 395 g/mol. The number of ether oxygens (including phenoxy) is 1. The lowest BCUT2D eigenvalue weighted by Gasteiger charge is -2.16. The lowest BCUT2D eigenvalue weighted by atomic mass is 9.98. The number of nitroso groups, excluding NO2 is 1. The number of carbonyl (C=O) groups excluding carboxylic acids is 3. The van der Waals surface area contributed by atoms with Gasteiger partial charge < -0.3 is 4.74 Å². The maximum atomic E-state index is 12.7. The minimum Gasteiger partial charge on any atom is -0.461 e. The molecule has 2 atom stereocenters. The standard InChI is InChI=1S/C14H11BrN4O5/c1-2-24-14(22)10-9-11(19(16-10)17-23)13(21)18(12(9)20)8-5-3-7(15)4-6-8/h3-6,9,11H,2H2,1H3/t9-,11+/m1/s1. The molecule has 2 aliphatic rings. The summed E-state index contributed by atoms with van der Waals surface area (Å²) in [5, 5.41) is 6.86. The molecule has 10 heteroatoms. The highest BCUT2D eigenvalue weighted by Gasteiger charge is 2.59. The lowest BCUT2D eigenvalue weighted by molar-refractivity contribution is -0.136. The molecule has 0 bridgehead atoms. The van der Waals surface area contributed by atoms with Crippen molar-refractivity contribution in [2.24, 2.45) is 16.3 Å². The van der Waals surface area contributed by atoms with Gasteiger partial charge in [0.05, 0.1) is 17.6 Å². The second-order valence-corrected chi connectivity index (χ2v) is 5.93. The number of hydrogen-bond donors (Lipinski definition) is 0. The van der Waals surface area contributed by atoms with E-state index in [0.717, 1.165) is 9.37 Å². The fourth-order valence-electron chi connectivity index (χ4n) is 2.68. The van der Waals surface area contributed by atoms with Crippen molar-refractivity contribution < 1.29 is 19.1 Å². The minimum absolute atomic E-state index is 0.0717. The molecule has 0 saturated carbocycles. The summed E-state index contributed by atoms with van der Waals surface area (Å²) in [7, 11) is 0. The SMILES string of the molecule is CCOC(=O)C1=NN(N=O)[C@@H]2C(=O)N(c3ccc(Br)cc3)C(=O)[C@H]12. The van der Waals surface area contributed by atoms with Gasteiger partial charge in [-0.25, -0.2) is 9.69 Å². The predicted octanol–water partition coefficient (Wildman–Crippen LogP) is 1.22.